The molecule has 0 radical (unpaired) electrons. The Hall–Kier alpha value is -7.47. The maximum absolute atomic E-state index is 5.41. The van der Waals surface area contributed by atoms with E-state index in [1.807, 2.05) is 35.6 Å². The number of hydrogen-bond donors (Lipinski definition) is 0. The molecule has 9 aromatic carbocycles. The van der Waals surface area contributed by atoms with Gasteiger partial charge in [0, 0.05) is 58.6 Å². The summed E-state index contributed by atoms with van der Waals surface area (Å²) < 4.78 is 4.87. The maximum atomic E-state index is 5.41. The fraction of sp³-hybridized carbons (Fsp3) is 0.0185. The number of nitrogens with zero attached hydrogens (tertiary/aromatic N) is 4. The third-order valence-electron chi connectivity index (χ3n) is 11.7. The molecule has 0 atom stereocenters. The number of aromatic nitrogens is 4. The van der Waals surface area contributed by atoms with Crippen LogP contribution in [0.15, 0.2) is 188 Å². The van der Waals surface area contributed by atoms with Gasteiger partial charge in [-0.3, -0.25) is 4.57 Å². The third-order valence-corrected chi connectivity index (χ3v) is 12.9. The second-order valence-corrected chi connectivity index (χ2v) is 16.3. The molecule has 0 bridgehead atoms. The molecule has 12 rings (SSSR count). The zero-order valence-corrected chi connectivity index (χ0v) is 32.9. The van der Waals surface area contributed by atoms with Crippen molar-refractivity contribution in [3.63, 3.8) is 0 Å². The summed E-state index contributed by atoms with van der Waals surface area (Å²) in [7, 11) is 0. The highest BCUT2D eigenvalue weighted by atomic mass is 32.1. The topological polar surface area (TPSA) is 43.6 Å². The van der Waals surface area contributed by atoms with Crippen LogP contribution < -0.4 is 0 Å². The van der Waals surface area contributed by atoms with E-state index in [-0.39, 0.29) is 0 Å². The van der Waals surface area contributed by atoms with Gasteiger partial charge in [0.25, 0.3) is 0 Å². The van der Waals surface area contributed by atoms with E-state index in [0.717, 1.165) is 49.4 Å². The van der Waals surface area contributed by atoms with Crippen LogP contribution in [-0.2, 0) is 0 Å². The maximum Gasteiger partial charge on any atom is 0.238 e. The molecule has 59 heavy (non-hydrogen) atoms. The van der Waals surface area contributed by atoms with Gasteiger partial charge in [-0.15, -0.1) is 11.3 Å². The zero-order valence-electron chi connectivity index (χ0n) is 32.1. The first-order chi connectivity index (χ1) is 29.2. The summed E-state index contributed by atoms with van der Waals surface area (Å²) in [6.45, 7) is 2.16. The monoisotopic (exact) mass is 770 g/mol. The molecule has 276 valence electrons. The first-order valence-corrected chi connectivity index (χ1v) is 20.8. The van der Waals surface area contributed by atoms with Crippen molar-refractivity contribution in [2.75, 3.05) is 0 Å². The molecule has 0 amide bonds. The number of benzene rings is 9. The molecule has 0 saturated heterocycles. The number of thiophene rings is 1. The summed E-state index contributed by atoms with van der Waals surface area (Å²) in [5.41, 5.74) is 9.85. The van der Waals surface area contributed by atoms with Crippen LogP contribution in [0.4, 0.5) is 0 Å². The van der Waals surface area contributed by atoms with Crippen LogP contribution in [0, 0.1) is 6.92 Å². The van der Waals surface area contributed by atoms with E-state index in [0.29, 0.717) is 17.6 Å². The molecule has 0 saturated carbocycles. The second kappa shape index (κ2) is 13.3. The Morgan fingerprint density at radius 1 is 0.407 bits per heavy atom. The standard InChI is InChI=1S/C54H34N4S/c1-33-22-23-37-28-30-43-41-18-10-19-42(44-20-11-21-45-48-40-17-9-8-14-36(40)29-31-47(48)59-51(44)45)49(41)58(50(43)46(37)32-33)54-56-52(38-15-6-3-7-16-38)55-53(57-54)39-26-24-35(25-27-39)34-12-4-2-5-13-34/h2-32H,1H3. The van der Waals surface area contributed by atoms with Crippen LogP contribution in [0.1, 0.15) is 5.56 Å². The summed E-state index contributed by atoms with van der Waals surface area (Å²) in [4.78, 5) is 15.9. The van der Waals surface area contributed by atoms with Gasteiger partial charge < -0.3 is 0 Å². The molecule has 4 nitrogen and oxygen atoms in total. The Morgan fingerprint density at radius 2 is 0.983 bits per heavy atom. The molecule has 3 heterocycles. The third kappa shape index (κ3) is 5.39. The van der Waals surface area contributed by atoms with E-state index in [1.165, 1.54) is 53.0 Å². The lowest BCUT2D eigenvalue weighted by Crippen LogP contribution is -2.07. The normalized spacial score (nSPS) is 11.8. The van der Waals surface area contributed by atoms with Gasteiger partial charge in [0.1, 0.15) is 0 Å². The molecular weight excluding hydrogens is 737 g/mol. The predicted octanol–water partition coefficient (Wildman–Crippen LogP) is 14.6. The number of aryl methyl sites for hydroxylation is 1. The number of para-hydroxylation sites is 1. The SMILES string of the molecule is Cc1ccc2ccc3c4cccc(-c5cccc6c5sc5ccc7ccccc7c56)c4n(-c4nc(-c5ccccc5)nc(-c5ccc(-c6ccccc6)cc5)n4)c3c2c1. The van der Waals surface area contributed by atoms with E-state index in [4.69, 9.17) is 15.0 Å². The molecule has 12 aromatic rings. The number of fused-ring (bicyclic) bond motifs is 10. The molecule has 0 spiro atoms. The zero-order chi connectivity index (χ0) is 39.0. The number of rotatable bonds is 5. The summed E-state index contributed by atoms with van der Waals surface area (Å²) in [5.74, 6) is 1.83. The molecule has 5 heteroatoms. The highest BCUT2D eigenvalue weighted by Crippen LogP contribution is 2.46. The Kier molecular flexibility index (Phi) is 7.59. The van der Waals surface area contributed by atoms with Crippen molar-refractivity contribution in [2.24, 2.45) is 0 Å². The van der Waals surface area contributed by atoms with E-state index >= 15 is 0 Å². The molecule has 0 N–H and O–H groups in total. The minimum atomic E-state index is 0.581. The Balaban J connectivity index is 1.18. The van der Waals surface area contributed by atoms with Crippen molar-refractivity contribution in [3.05, 3.63) is 194 Å². The van der Waals surface area contributed by atoms with Crippen molar-refractivity contribution in [2.45, 2.75) is 6.92 Å². The van der Waals surface area contributed by atoms with Crippen LogP contribution in [-0.4, -0.2) is 19.5 Å². The van der Waals surface area contributed by atoms with Gasteiger partial charge in [-0.25, -0.2) is 4.98 Å². The van der Waals surface area contributed by atoms with Gasteiger partial charge in [-0.1, -0.05) is 181 Å². The fourth-order valence-electron chi connectivity index (χ4n) is 8.94. The first kappa shape index (κ1) is 33.6. The first-order valence-electron chi connectivity index (χ1n) is 19.9. The highest BCUT2D eigenvalue weighted by molar-refractivity contribution is 7.26. The minimum absolute atomic E-state index is 0.581. The van der Waals surface area contributed by atoms with Crippen molar-refractivity contribution >= 4 is 74.9 Å². The smallest absolute Gasteiger partial charge is 0.238 e. The molecule has 3 aromatic heterocycles. The average molecular weight is 771 g/mol. The number of hydrogen-bond acceptors (Lipinski definition) is 4. The summed E-state index contributed by atoms with van der Waals surface area (Å²) in [6.07, 6.45) is 0. The minimum Gasteiger partial charge on any atom is -0.277 e. The Labute approximate surface area is 344 Å². The van der Waals surface area contributed by atoms with E-state index in [1.54, 1.807) is 0 Å². The van der Waals surface area contributed by atoms with Gasteiger partial charge in [-0.05, 0) is 46.3 Å². The van der Waals surface area contributed by atoms with Crippen molar-refractivity contribution < 1.29 is 0 Å². The Bertz CT molecular complexity index is 3600. The lowest BCUT2D eigenvalue weighted by Gasteiger charge is -2.14. The summed E-state index contributed by atoms with van der Waals surface area (Å²) in [6, 6.07) is 67.2. The summed E-state index contributed by atoms with van der Waals surface area (Å²) >= 11 is 1.87. The molecule has 0 aliphatic heterocycles. The van der Waals surface area contributed by atoms with E-state index in [9.17, 15) is 0 Å². The van der Waals surface area contributed by atoms with Crippen LogP contribution in [0.3, 0.4) is 0 Å². The quantitative estimate of drug-likeness (QED) is 0.175. The lowest BCUT2D eigenvalue weighted by molar-refractivity contribution is 0.955. The van der Waals surface area contributed by atoms with Crippen molar-refractivity contribution in [1.82, 2.24) is 19.5 Å². The molecule has 0 aliphatic carbocycles. The van der Waals surface area contributed by atoms with Gasteiger partial charge in [-0.2, -0.15) is 9.97 Å². The molecule has 0 fully saturated rings. The van der Waals surface area contributed by atoms with Gasteiger partial charge >= 0.3 is 0 Å². The largest absolute Gasteiger partial charge is 0.277 e. The van der Waals surface area contributed by atoms with E-state index in [2.05, 4.69) is 175 Å². The lowest BCUT2D eigenvalue weighted by atomic mass is 9.98. The fourth-order valence-corrected chi connectivity index (χ4v) is 10.2. The predicted molar refractivity (Wildman–Crippen MR) is 249 cm³/mol. The van der Waals surface area contributed by atoms with Crippen molar-refractivity contribution in [3.8, 4) is 51.0 Å². The molecule has 0 unspecified atom stereocenters. The van der Waals surface area contributed by atoms with Crippen LogP contribution in [0.2, 0.25) is 0 Å². The van der Waals surface area contributed by atoms with Gasteiger partial charge in [0.15, 0.2) is 11.6 Å². The summed E-state index contributed by atoms with van der Waals surface area (Å²) in [5, 5.41) is 9.76. The van der Waals surface area contributed by atoms with Crippen LogP contribution >= 0.6 is 11.3 Å². The Morgan fingerprint density at radius 3 is 1.78 bits per heavy atom. The van der Waals surface area contributed by atoms with Crippen LogP contribution in [0.5, 0.6) is 0 Å². The van der Waals surface area contributed by atoms with Crippen LogP contribution in [0.25, 0.3) is 115 Å². The van der Waals surface area contributed by atoms with Gasteiger partial charge in [0.05, 0.1) is 11.0 Å². The van der Waals surface area contributed by atoms with Gasteiger partial charge in [0.2, 0.25) is 5.95 Å². The molecule has 0 aliphatic rings. The van der Waals surface area contributed by atoms with E-state index < -0.39 is 0 Å². The highest BCUT2D eigenvalue weighted by Gasteiger charge is 2.23. The second-order valence-electron chi connectivity index (χ2n) is 15.3. The van der Waals surface area contributed by atoms with Crippen molar-refractivity contribution in [1.29, 1.82) is 0 Å². The molecular formula is C54H34N4S. The average Bonchev–Trinajstić information content (AvgIpc) is 3.86.